The minimum atomic E-state index is -0.245. The van der Waals surface area contributed by atoms with Crippen LogP contribution in [0.1, 0.15) is 31.2 Å². The standard InChI is InChI=1S/C17H24N2O2S.ClH/c20-17(16-11-21-9-8-18-16)19-14-5-3-4-13(10-14)12-22-15-6-1-2-7-15;/h3-5,10,15-16,18H,1-2,6-9,11-12H2,(H,19,20);1H. The predicted octanol–water partition coefficient (Wildman–Crippen LogP) is 3.21. The first-order valence-corrected chi connectivity index (χ1v) is 9.19. The Hall–Kier alpha value is -0.750. The molecule has 1 saturated carbocycles. The molecule has 128 valence electrons. The molecule has 1 aliphatic carbocycles. The third-order valence-corrected chi connectivity index (χ3v) is 5.66. The van der Waals surface area contributed by atoms with Gasteiger partial charge in [0.25, 0.3) is 0 Å². The molecule has 2 fully saturated rings. The molecular formula is C17H25ClN2O2S. The largest absolute Gasteiger partial charge is 0.378 e. The van der Waals surface area contributed by atoms with Crippen molar-refractivity contribution < 1.29 is 9.53 Å². The van der Waals surface area contributed by atoms with Crippen molar-refractivity contribution >= 4 is 35.8 Å². The van der Waals surface area contributed by atoms with Gasteiger partial charge in [0, 0.05) is 23.2 Å². The van der Waals surface area contributed by atoms with Crippen LogP contribution in [0.25, 0.3) is 0 Å². The van der Waals surface area contributed by atoms with E-state index in [0.717, 1.165) is 23.2 Å². The molecule has 1 unspecified atom stereocenters. The normalized spacial score (nSPS) is 21.7. The van der Waals surface area contributed by atoms with Crippen LogP contribution in [0.2, 0.25) is 0 Å². The number of hydrogen-bond donors (Lipinski definition) is 2. The van der Waals surface area contributed by atoms with E-state index in [4.69, 9.17) is 4.74 Å². The van der Waals surface area contributed by atoms with Crippen LogP contribution in [-0.2, 0) is 15.3 Å². The van der Waals surface area contributed by atoms with Crippen LogP contribution in [0.15, 0.2) is 24.3 Å². The molecule has 0 spiro atoms. The highest BCUT2D eigenvalue weighted by Crippen LogP contribution is 2.31. The van der Waals surface area contributed by atoms with Gasteiger partial charge in [-0.1, -0.05) is 25.0 Å². The summed E-state index contributed by atoms with van der Waals surface area (Å²) in [5.41, 5.74) is 2.16. The fourth-order valence-corrected chi connectivity index (χ4v) is 4.25. The third kappa shape index (κ3) is 5.68. The Morgan fingerprint density at radius 3 is 2.91 bits per heavy atom. The lowest BCUT2D eigenvalue weighted by molar-refractivity contribution is -0.120. The monoisotopic (exact) mass is 356 g/mol. The van der Waals surface area contributed by atoms with Gasteiger partial charge in [0.1, 0.15) is 6.04 Å². The Balaban J connectivity index is 0.00000192. The van der Waals surface area contributed by atoms with E-state index < -0.39 is 0 Å². The van der Waals surface area contributed by atoms with Gasteiger partial charge in [0.05, 0.1) is 13.2 Å². The summed E-state index contributed by atoms with van der Waals surface area (Å²) in [7, 11) is 0. The average Bonchev–Trinajstić information content (AvgIpc) is 3.08. The Bertz CT molecular complexity index is 503. The maximum atomic E-state index is 12.2. The number of amides is 1. The molecule has 1 saturated heterocycles. The van der Waals surface area contributed by atoms with Crippen molar-refractivity contribution in [2.75, 3.05) is 25.1 Å². The number of morpholine rings is 1. The first-order valence-electron chi connectivity index (χ1n) is 8.14. The van der Waals surface area contributed by atoms with Gasteiger partial charge in [-0.3, -0.25) is 4.79 Å². The van der Waals surface area contributed by atoms with Crippen LogP contribution >= 0.6 is 24.2 Å². The highest BCUT2D eigenvalue weighted by molar-refractivity contribution is 7.99. The summed E-state index contributed by atoms with van der Waals surface area (Å²) in [6.07, 6.45) is 5.47. The minimum absolute atomic E-state index is 0. The number of halogens is 1. The van der Waals surface area contributed by atoms with Crippen molar-refractivity contribution in [1.82, 2.24) is 5.32 Å². The summed E-state index contributed by atoms with van der Waals surface area (Å²) in [5, 5.41) is 6.99. The van der Waals surface area contributed by atoms with E-state index >= 15 is 0 Å². The van der Waals surface area contributed by atoms with Crippen LogP contribution in [0, 0.1) is 0 Å². The number of benzene rings is 1. The summed E-state index contributed by atoms with van der Waals surface area (Å²) in [5.74, 6) is 1.01. The number of anilines is 1. The molecule has 4 nitrogen and oxygen atoms in total. The zero-order valence-corrected chi connectivity index (χ0v) is 14.9. The summed E-state index contributed by atoms with van der Waals surface area (Å²) in [4.78, 5) is 12.2. The number of ether oxygens (including phenoxy) is 1. The average molecular weight is 357 g/mol. The lowest BCUT2D eigenvalue weighted by atomic mass is 10.2. The van der Waals surface area contributed by atoms with E-state index in [1.54, 1.807) is 0 Å². The zero-order chi connectivity index (χ0) is 15.2. The van der Waals surface area contributed by atoms with E-state index in [1.165, 1.54) is 31.2 Å². The third-order valence-electron chi connectivity index (χ3n) is 4.22. The van der Waals surface area contributed by atoms with Gasteiger partial charge in [-0.15, -0.1) is 12.4 Å². The molecule has 1 aromatic carbocycles. The van der Waals surface area contributed by atoms with Crippen molar-refractivity contribution in [3.63, 3.8) is 0 Å². The number of nitrogens with one attached hydrogen (secondary N) is 2. The summed E-state index contributed by atoms with van der Waals surface area (Å²) in [6, 6.07) is 7.95. The number of carbonyl (C=O) groups excluding carboxylic acids is 1. The molecule has 2 N–H and O–H groups in total. The maximum Gasteiger partial charge on any atom is 0.243 e. The van der Waals surface area contributed by atoms with Gasteiger partial charge >= 0.3 is 0 Å². The minimum Gasteiger partial charge on any atom is -0.378 e. The van der Waals surface area contributed by atoms with Crippen molar-refractivity contribution in [2.24, 2.45) is 0 Å². The van der Waals surface area contributed by atoms with Gasteiger partial charge in [0.15, 0.2) is 0 Å². The molecule has 1 atom stereocenters. The van der Waals surface area contributed by atoms with Gasteiger partial charge in [-0.05, 0) is 30.5 Å². The Morgan fingerprint density at radius 2 is 2.17 bits per heavy atom. The predicted molar refractivity (Wildman–Crippen MR) is 98.5 cm³/mol. The van der Waals surface area contributed by atoms with Crippen LogP contribution in [-0.4, -0.2) is 37.0 Å². The second kappa shape index (κ2) is 9.52. The van der Waals surface area contributed by atoms with Gasteiger partial charge in [-0.2, -0.15) is 11.8 Å². The molecule has 0 aromatic heterocycles. The fraction of sp³-hybridized carbons (Fsp3) is 0.588. The van der Waals surface area contributed by atoms with Crippen LogP contribution < -0.4 is 10.6 Å². The first-order chi connectivity index (χ1) is 10.8. The molecule has 1 aliphatic heterocycles. The lowest BCUT2D eigenvalue weighted by Crippen LogP contribution is -2.48. The summed E-state index contributed by atoms with van der Waals surface area (Å²) < 4.78 is 5.33. The molecule has 1 heterocycles. The highest BCUT2D eigenvalue weighted by atomic mass is 35.5. The molecule has 0 bridgehead atoms. The van der Waals surface area contributed by atoms with Crippen molar-refractivity contribution in [3.8, 4) is 0 Å². The zero-order valence-electron chi connectivity index (χ0n) is 13.3. The molecule has 1 aromatic rings. The maximum absolute atomic E-state index is 12.2. The van der Waals surface area contributed by atoms with Crippen molar-refractivity contribution in [3.05, 3.63) is 29.8 Å². The molecule has 1 amide bonds. The van der Waals surface area contributed by atoms with Gasteiger partial charge in [0.2, 0.25) is 5.91 Å². The smallest absolute Gasteiger partial charge is 0.243 e. The molecule has 23 heavy (non-hydrogen) atoms. The van der Waals surface area contributed by atoms with Crippen LogP contribution in [0.4, 0.5) is 5.69 Å². The lowest BCUT2D eigenvalue weighted by Gasteiger charge is -2.23. The Kier molecular flexibility index (Phi) is 7.70. The van der Waals surface area contributed by atoms with Crippen LogP contribution in [0.3, 0.4) is 0 Å². The second-order valence-electron chi connectivity index (χ2n) is 5.99. The number of thioether (sulfide) groups is 1. The van der Waals surface area contributed by atoms with Gasteiger partial charge < -0.3 is 15.4 Å². The van der Waals surface area contributed by atoms with E-state index in [-0.39, 0.29) is 24.4 Å². The topological polar surface area (TPSA) is 50.4 Å². The van der Waals surface area contributed by atoms with Crippen LogP contribution in [0.5, 0.6) is 0 Å². The van der Waals surface area contributed by atoms with E-state index in [9.17, 15) is 4.79 Å². The number of carbonyl (C=O) groups is 1. The van der Waals surface area contributed by atoms with Gasteiger partial charge in [-0.25, -0.2) is 0 Å². The molecule has 6 heteroatoms. The molecular weight excluding hydrogens is 332 g/mol. The van der Waals surface area contributed by atoms with E-state index in [1.807, 2.05) is 23.9 Å². The molecule has 0 radical (unpaired) electrons. The number of rotatable bonds is 5. The van der Waals surface area contributed by atoms with Crippen molar-refractivity contribution in [1.29, 1.82) is 0 Å². The fourth-order valence-electron chi connectivity index (χ4n) is 2.97. The van der Waals surface area contributed by atoms with Crippen molar-refractivity contribution in [2.45, 2.75) is 42.7 Å². The van der Waals surface area contributed by atoms with E-state index in [2.05, 4.69) is 22.8 Å². The SMILES string of the molecule is Cl.O=C(Nc1cccc(CSC2CCCC2)c1)C1COCCN1. The molecule has 3 rings (SSSR count). The Labute approximate surface area is 148 Å². The quantitative estimate of drug-likeness (QED) is 0.850. The molecule has 2 aliphatic rings. The summed E-state index contributed by atoms with van der Waals surface area (Å²) >= 11 is 2.05. The summed E-state index contributed by atoms with van der Waals surface area (Å²) in [6.45, 7) is 1.86. The Morgan fingerprint density at radius 1 is 1.35 bits per heavy atom. The second-order valence-corrected chi connectivity index (χ2v) is 7.28. The number of hydrogen-bond acceptors (Lipinski definition) is 4. The van der Waals surface area contributed by atoms with E-state index in [0.29, 0.717) is 13.2 Å². The first kappa shape index (κ1) is 18.6. The highest BCUT2D eigenvalue weighted by Gasteiger charge is 2.21.